The maximum atomic E-state index is 11.6. The van der Waals surface area contributed by atoms with Crippen molar-refractivity contribution in [1.29, 1.82) is 0 Å². The van der Waals surface area contributed by atoms with Gasteiger partial charge in [0.2, 0.25) is 0 Å². The first-order valence-corrected chi connectivity index (χ1v) is 11.9. The van der Waals surface area contributed by atoms with E-state index in [4.69, 9.17) is 0 Å². The molecule has 156 valence electrons. The average molecular weight is 368 g/mol. The molecule has 0 bridgehead atoms. The molecular formula is C24H47O2-. The number of carboxylic acid groups (broad SMARTS) is 1. The standard InChI is InChI=1S/C24H48O2/c1-4-7-9-10-11-12-13-14-15-16-17-19-21-23(24(25)26)22(6-3)20-18-8-5-2/h22-23H,4-21H2,1-3H3,(H,25,26)/p-1. The van der Waals surface area contributed by atoms with Crippen molar-refractivity contribution < 1.29 is 9.90 Å². The highest BCUT2D eigenvalue weighted by Gasteiger charge is 2.20. The van der Waals surface area contributed by atoms with Crippen molar-refractivity contribution in [3.8, 4) is 0 Å². The molecule has 0 rings (SSSR count). The summed E-state index contributed by atoms with van der Waals surface area (Å²) in [6, 6.07) is 0. The molecule has 0 heterocycles. The topological polar surface area (TPSA) is 40.1 Å². The fourth-order valence-electron chi connectivity index (χ4n) is 4.10. The molecule has 0 spiro atoms. The van der Waals surface area contributed by atoms with E-state index >= 15 is 0 Å². The molecule has 0 aromatic carbocycles. The van der Waals surface area contributed by atoms with Gasteiger partial charge in [-0.25, -0.2) is 0 Å². The monoisotopic (exact) mass is 367 g/mol. The van der Waals surface area contributed by atoms with Crippen LogP contribution in [0.2, 0.25) is 0 Å². The maximum absolute atomic E-state index is 11.6. The molecule has 0 saturated heterocycles. The Morgan fingerprint density at radius 3 is 1.42 bits per heavy atom. The minimum Gasteiger partial charge on any atom is -0.550 e. The molecule has 2 atom stereocenters. The smallest absolute Gasteiger partial charge is 0.0448 e. The fraction of sp³-hybridized carbons (Fsp3) is 0.958. The number of carboxylic acids is 1. The molecular weight excluding hydrogens is 320 g/mol. The fourth-order valence-corrected chi connectivity index (χ4v) is 4.10. The van der Waals surface area contributed by atoms with Gasteiger partial charge in [0.25, 0.3) is 0 Å². The predicted molar refractivity (Wildman–Crippen MR) is 112 cm³/mol. The van der Waals surface area contributed by atoms with Crippen LogP contribution in [0, 0.1) is 11.8 Å². The van der Waals surface area contributed by atoms with Gasteiger partial charge >= 0.3 is 0 Å². The van der Waals surface area contributed by atoms with Gasteiger partial charge < -0.3 is 9.90 Å². The van der Waals surface area contributed by atoms with E-state index in [-0.39, 0.29) is 5.92 Å². The van der Waals surface area contributed by atoms with Gasteiger partial charge in [-0.3, -0.25) is 0 Å². The van der Waals surface area contributed by atoms with Crippen LogP contribution in [0.3, 0.4) is 0 Å². The lowest BCUT2D eigenvalue weighted by Gasteiger charge is -2.27. The lowest BCUT2D eigenvalue weighted by Crippen LogP contribution is -2.36. The molecule has 0 saturated carbocycles. The second-order valence-corrected chi connectivity index (χ2v) is 8.27. The van der Waals surface area contributed by atoms with Gasteiger partial charge in [-0.2, -0.15) is 0 Å². The molecule has 26 heavy (non-hydrogen) atoms. The van der Waals surface area contributed by atoms with Gasteiger partial charge in [-0.15, -0.1) is 0 Å². The first-order chi connectivity index (χ1) is 12.7. The number of hydrogen-bond donors (Lipinski definition) is 0. The van der Waals surface area contributed by atoms with Crippen LogP contribution in [0.5, 0.6) is 0 Å². The Morgan fingerprint density at radius 1 is 0.615 bits per heavy atom. The normalized spacial score (nSPS) is 13.7. The molecule has 2 nitrogen and oxygen atoms in total. The third-order valence-corrected chi connectivity index (χ3v) is 5.94. The van der Waals surface area contributed by atoms with Crippen LogP contribution in [0.4, 0.5) is 0 Å². The minimum atomic E-state index is -0.809. The third-order valence-electron chi connectivity index (χ3n) is 5.94. The van der Waals surface area contributed by atoms with Crippen LogP contribution in [-0.4, -0.2) is 5.97 Å². The van der Waals surface area contributed by atoms with Crippen molar-refractivity contribution >= 4 is 5.97 Å². The Kier molecular flexibility index (Phi) is 18.8. The van der Waals surface area contributed by atoms with E-state index in [2.05, 4.69) is 20.8 Å². The molecule has 0 N–H and O–H groups in total. The van der Waals surface area contributed by atoms with Gasteiger partial charge in [0.1, 0.15) is 0 Å². The van der Waals surface area contributed by atoms with E-state index in [0.717, 1.165) is 32.1 Å². The summed E-state index contributed by atoms with van der Waals surface area (Å²) in [5, 5.41) is 11.6. The van der Waals surface area contributed by atoms with E-state index in [1.807, 2.05) is 0 Å². The second kappa shape index (κ2) is 19.2. The van der Waals surface area contributed by atoms with Crippen molar-refractivity contribution in [2.75, 3.05) is 0 Å². The number of hydrogen-bond acceptors (Lipinski definition) is 2. The molecule has 0 aliphatic carbocycles. The summed E-state index contributed by atoms with van der Waals surface area (Å²) in [4.78, 5) is 11.6. The number of rotatable bonds is 20. The summed E-state index contributed by atoms with van der Waals surface area (Å²) in [6.45, 7) is 6.60. The highest BCUT2D eigenvalue weighted by Crippen LogP contribution is 2.27. The number of carbonyl (C=O) groups is 1. The van der Waals surface area contributed by atoms with E-state index in [1.165, 1.54) is 83.5 Å². The van der Waals surface area contributed by atoms with Crippen molar-refractivity contribution in [1.82, 2.24) is 0 Å². The molecule has 2 heteroatoms. The zero-order valence-corrected chi connectivity index (χ0v) is 18.2. The highest BCUT2D eigenvalue weighted by atomic mass is 16.4. The van der Waals surface area contributed by atoms with Gasteiger partial charge in [-0.05, 0) is 18.8 Å². The van der Waals surface area contributed by atoms with E-state index in [0.29, 0.717) is 5.92 Å². The molecule has 0 amide bonds. The van der Waals surface area contributed by atoms with Crippen molar-refractivity contribution in [2.45, 2.75) is 136 Å². The van der Waals surface area contributed by atoms with Gasteiger partial charge in [0, 0.05) is 11.9 Å². The van der Waals surface area contributed by atoms with Crippen LogP contribution in [-0.2, 0) is 4.79 Å². The summed E-state index contributed by atoms with van der Waals surface area (Å²) in [5.74, 6) is -0.712. The molecule has 0 fully saturated rings. The van der Waals surface area contributed by atoms with E-state index in [9.17, 15) is 9.90 Å². The van der Waals surface area contributed by atoms with Crippen molar-refractivity contribution in [3.05, 3.63) is 0 Å². The van der Waals surface area contributed by atoms with Crippen LogP contribution < -0.4 is 5.11 Å². The molecule has 0 radical (unpaired) electrons. The molecule has 0 aliphatic rings. The summed E-state index contributed by atoms with van der Waals surface area (Å²) in [6.07, 6.45) is 22.3. The highest BCUT2D eigenvalue weighted by molar-refractivity contribution is 5.67. The maximum Gasteiger partial charge on any atom is 0.0448 e. The molecule has 0 aliphatic heterocycles. The summed E-state index contributed by atoms with van der Waals surface area (Å²) in [7, 11) is 0. The third kappa shape index (κ3) is 14.6. The number of aliphatic carboxylic acids is 1. The molecule has 0 aromatic heterocycles. The SMILES string of the molecule is CCCCCCCCCCCCCCC(C(=O)[O-])C(CC)CCCCC. The Labute approximate surface area is 164 Å². The number of carbonyl (C=O) groups excluding carboxylic acids is 1. The van der Waals surface area contributed by atoms with Crippen LogP contribution in [0.15, 0.2) is 0 Å². The van der Waals surface area contributed by atoms with Crippen molar-refractivity contribution in [2.24, 2.45) is 11.8 Å². The van der Waals surface area contributed by atoms with E-state index < -0.39 is 5.97 Å². The molecule has 2 unspecified atom stereocenters. The molecule has 0 aromatic rings. The minimum absolute atomic E-state index is 0.222. The Morgan fingerprint density at radius 2 is 1.00 bits per heavy atom. The van der Waals surface area contributed by atoms with E-state index in [1.54, 1.807) is 0 Å². The van der Waals surface area contributed by atoms with Gasteiger partial charge in [0.15, 0.2) is 0 Å². The average Bonchev–Trinajstić information content (AvgIpc) is 2.63. The summed E-state index contributed by atoms with van der Waals surface area (Å²) >= 11 is 0. The largest absolute Gasteiger partial charge is 0.550 e. The van der Waals surface area contributed by atoms with Crippen LogP contribution in [0.1, 0.15) is 136 Å². The zero-order valence-electron chi connectivity index (χ0n) is 18.2. The summed E-state index contributed by atoms with van der Waals surface area (Å²) < 4.78 is 0. The van der Waals surface area contributed by atoms with Crippen LogP contribution in [0.25, 0.3) is 0 Å². The first kappa shape index (κ1) is 25.5. The lowest BCUT2D eigenvalue weighted by atomic mass is 9.82. The lowest BCUT2D eigenvalue weighted by molar-refractivity contribution is -0.313. The zero-order chi connectivity index (χ0) is 19.5. The van der Waals surface area contributed by atoms with Crippen LogP contribution >= 0.6 is 0 Å². The second-order valence-electron chi connectivity index (χ2n) is 8.27. The first-order valence-electron chi connectivity index (χ1n) is 11.9. The summed E-state index contributed by atoms with van der Waals surface area (Å²) in [5.41, 5.74) is 0. The van der Waals surface area contributed by atoms with Gasteiger partial charge in [0.05, 0.1) is 0 Å². The van der Waals surface area contributed by atoms with Gasteiger partial charge in [-0.1, -0.05) is 124 Å². The number of unbranched alkanes of at least 4 members (excludes halogenated alkanes) is 13. The Hall–Kier alpha value is -0.530. The van der Waals surface area contributed by atoms with Crippen molar-refractivity contribution in [3.63, 3.8) is 0 Å². The predicted octanol–water partition coefficient (Wildman–Crippen LogP) is 7.05. The Balaban J connectivity index is 3.69. The quantitative estimate of drug-likeness (QED) is 0.216. The Bertz CT molecular complexity index is 301.